The number of carbonyl (C=O) groups excluding carboxylic acids is 2. The highest BCUT2D eigenvalue weighted by Crippen LogP contribution is 2.43. The minimum Gasteiger partial charge on any atom is -0.409 e. The van der Waals surface area contributed by atoms with E-state index in [1.165, 1.54) is 0 Å². The molecule has 12 heteroatoms. The van der Waals surface area contributed by atoms with E-state index in [1.54, 1.807) is 24.3 Å². The molecule has 2 fully saturated rings. The SMILES string of the molecule is CC(C)(C)[Si](C)(C)O[C@H]1CN(C(=O)c2ccc(C(=O)N3C[C@H](O[Si](C)(C)C(C)(C)C)[C@@H](O[Si](C)(C)C(C)(C)C)C3)cc2)C[C@@H]1O[Si](C)(C)C(C)(C)C. The van der Waals surface area contributed by atoms with Crippen LogP contribution in [0.4, 0.5) is 0 Å². The largest absolute Gasteiger partial charge is 0.409 e. The molecule has 2 saturated heterocycles. The highest BCUT2D eigenvalue weighted by Gasteiger charge is 2.50. The molecule has 2 aliphatic heterocycles. The van der Waals surface area contributed by atoms with E-state index in [4.69, 9.17) is 17.7 Å². The Morgan fingerprint density at radius 2 is 0.615 bits per heavy atom. The first-order chi connectivity index (χ1) is 23.1. The molecule has 1 aromatic carbocycles. The Morgan fingerprint density at radius 3 is 0.769 bits per heavy atom. The first-order valence-electron chi connectivity index (χ1n) is 19.5. The molecule has 2 aliphatic rings. The molecule has 0 unspecified atom stereocenters. The summed E-state index contributed by atoms with van der Waals surface area (Å²) in [5.74, 6) is -0.119. The standard InChI is InChI=1S/C40H76N2O6Si4/c1-37(2,3)49(13,14)45-31-25-41(26-32(31)46-50(15,16)38(4,5)6)35(43)29-21-23-30(24-22-29)36(44)42-27-33(47-51(17,18)39(7,8)9)34(28-42)48-52(19,20)40(10,11)12/h21-24,31-34H,25-28H2,1-20H3/t31-,32-,33-,34-/m0/s1. The highest BCUT2D eigenvalue weighted by atomic mass is 28.4. The Bertz CT molecular complexity index is 1240. The van der Waals surface area contributed by atoms with Gasteiger partial charge < -0.3 is 27.5 Å². The molecule has 2 heterocycles. The molecule has 0 N–H and O–H groups in total. The van der Waals surface area contributed by atoms with Gasteiger partial charge in [0.15, 0.2) is 33.3 Å². The molecular weight excluding hydrogens is 717 g/mol. The number of hydrogen-bond donors (Lipinski definition) is 0. The van der Waals surface area contributed by atoms with Crippen molar-refractivity contribution in [2.24, 2.45) is 0 Å². The van der Waals surface area contributed by atoms with Gasteiger partial charge in [-0.05, 0) is 96.8 Å². The lowest BCUT2D eigenvalue weighted by Crippen LogP contribution is -2.51. The van der Waals surface area contributed by atoms with Gasteiger partial charge in [0.1, 0.15) is 0 Å². The van der Waals surface area contributed by atoms with Crippen LogP contribution in [0.1, 0.15) is 104 Å². The van der Waals surface area contributed by atoms with Crippen molar-refractivity contribution in [1.29, 1.82) is 0 Å². The monoisotopic (exact) mass is 792 g/mol. The molecule has 0 aliphatic carbocycles. The van der Waals surface area contributed by atoms with E-state index in [1.807, 2.05) is 9.80 Å². The second-order valence-corrected chi connectivity index (χ2v) is 40.7. The average molecular weight is 793 g/mol. The summed E-state index contributed by atoms with van der Waals surface area (Å²) in [6.45, 7) is 47.0. The third-order valence-electron chi connectivity index (χ3n) is 13.4. The fourth-order valence-electron chi connectivity index (χ4n) is 5.61. The smallest absolute Gasteiger partial charge is 0.254 e. The van der Waals surface area contributed by atoms with Crippen molar-refractivity contribution in [2.45, 2.75) is 180 Å². The zero-order chi connectivity index (χ0) is 40.3. The molecule has 0 aromatic heterocycles. The second kappa shape index (κ2) is 15.1. The maximum absolute atomic E-state index is 14.0. The summed E-state index contributed by atoms with van der Waals surface area (Å²) < 4.78 is 27.8. The minimum absolute atomic E-state index is 0.0391. The Morgan fingerprint density at radius 1 is 0.442 bits per heavy atom. The maximum Gasteiger partial charge on any atom is 0.254 e. The van der Waals surface area contributed by atoms with E-state index >= 15 is 0 Å². The Kier molecular flexibility index (Phi) is 13.1. The zero-order valence-corrected chi connectivity index (χ0v) is 40.8. The van der Waals surface area contributed by atoms with Gasteiger partial charge in [-0.3, -0.25) is 9.59 Å². The molecule has 0 radical (unpaired) electrons. The van der Waals surface area contributed by atoms with Gasteiger partial charge in [-0.25, -0.2) is 0 Å². The lowest BCUT2D eigenvalue weighted by molar-refractivity contribution is 0.0713. The van der Waals surface area contributed by atoms with Crippen molar-refractivity contribution in [1.82, 2.24) is 9.80 Å². The van der Waals surface area contributed by atoms with E-state index in [9.17, 15) is 9.59 Å². The number of likely N-dealkylation sites (tertiary alicyclic amines) is 2. The van der Waals surface area contributed by atoms with Crippen LogP contribution in [0.25, 0.3) is 0 Å². The van der Waals surface area contributed by atoms with Crippen molar-refractivity contribution in [3.05, 3.63) is 35.4 Å². The van der Waals surface area contributed by atoms with Crippen molar-refractivity contribution in [2.75, 3.05) is 26.2 Å². The van der Waals surface area contributed by atoms with Gasteiger partial charge in [0.05, 0.1) is 24.4 Å². The van der Waals surface area contributed by atoms with E-state index in [-0.39, 0.29) is 56.4 Å². The first kappa shape index (κ1) is 45.3. The Labute approximate surface area is 322 Å². The predicted molar refractivity (Wildman–Crippen MR) is 227 cm³/mol. The van der Waals surface area contributed by atoms with Crippen molar-refractivity contribution in [3.63, 3.8) is 0 Å². The zero-order valence-electron chi connectivity index (χ0n) is 36.8. The molecule has 3 rings (SSSR count). The van der Waals surface area contributed by atoms with E-state index in [2.05, 4.69) is 135 Å². The second-order valence-electron chi connectivity index (χ2n) is 21.7. The Hall–Kier alpha value is -1.13. The summed E-state index contributed by atoms with van der Waals surface area (Å²) in [5, 5.41) is 0.156. The summed E-state index contributed by atoms with van der Waals surface area (Å²) in [6.07, 6.45) is -0.730. The van der Waals surface area contributed by atoms with Crippen LogP contribution >= 0.6 is 0 Å². The molecule has 1 aromatic rings. The van der Waals surface area contributed by atoms with Crippen LogP contribution in [0.15, 0.2) is 24.3 Å². The fourth-order valence-corrected chi connectivity index (χ4v) is 11.0. The number of amides is 2. The van der Waals surface area contributed by atoms with Gasteiger partial charge in [0.2, 0.25) is 0 Å². The number of hydrogen-bond acceptors (Lipinski definition) is 6. The number of carbonyl (C=O) groups is 2. The highest BCUT2D eigenvalue weighted by molar-refractivity contribution is 6.75. The van der Waals surface area contributed by atoms with Crippen LogP contribution in [0.2, 0.25) is 72.5 Å². The molecule has 4 atom stereocenters. The number of benzene rings is 1. The molecule has 52 heavy (non-hydrogen) atoms. The first-order valence-corrected chi connectivity index (χ1v) is 31.1. The van der Waals surface area contributed by atoms with Crippen LogP contribution in [0.3, 0.4) is 0 Å². The summed E-state index contributed by atoms with van der Waals surface area (Å²) in [5.41, 5.74) is 1.13. The van der Waals surface area contributed by atoms with E-state index in [0.717, 1.165) is 0 Å². The summed E-state index contributed by atoms with van der Waals surface area (Å²) in [7, 11) is -8.50. The maximum atomic E-state index is 14.0. The quantitative estimate of drug-likeness (QED) is 0.220. The fraction of sp³-hybridized carbons (Fsp3) is 0.800. The van der Waals surface area contributed by atoms with E-state index in [0.29, 0.717) is 37.3 Å². The number of nitrogens with zero attached hydrogens (tertiary/aromatic N) is 2. The van der Waals surface area contributed by atoms with Crippen LogP contribution in [0, 0.1) is 0 Å². The van der Waals surface area contributed by atoms with Gasteiger partial charge in [0, 0.05) is 37.3 Å². The molecule has 0 spiro atoms. The number of rotatable bonds is 10. The normalized spacial score (nSPS) is 23.1. The van der Waals surface area contributed by atoms with E-state index < -0.39 is 33.3 Å². The van der Waals surface area contributed by atoms with Crippen molar-refractivity contribution in [3.8, 4) is 0 Å². The van der Waals surface area contributed by atoms with Crippen molar-refractivity contribution < 1.29 is 27.3 Å². The molecular formula is C40H76N2O6Si4. The lowest BCUT2D eigenvalue weighted by atomic mass is 10.1. The lowest BCUT2D eigenvalue weighted by Gasteiger charge is -2.42. The molecule has 8 nitrogen and oxygen atoms in total. The molecule has 298 valence electrons. The van der Waals surface area contributed by atoms with Crippen LogP contribution in [-0.4, -0.2) is 105 Å². The molecule has 0 saturated carbocycles. The van der Waals surface area contributed by atoms with Crippen molar-refractivity contribution >= 4 is 45.1 Å². The van der Waals surface area contributed by atoms with Gasteiger partial charge in [-0.2, -0.15) is 0 Å². The van der Waals surface area contributed by atoms with Gasteiger partial charge in [-0.1, -0.05) is 83.1 Å². The van der Waals surface area contributed by atoms with Crippen LogP contribution < -0.4 is 0 Å². The molecule has 0 bridgehead atoms. The third kappa shape index (κ3) is 10.2. The van der Waals surface area contributed by atoms with Gasteiger partial charge in [-0.15, -0.1) is 0 Å². The summed E-state index contributed by atoms with van der Waals surface area (Å²) >= 11 is 0. The average Bonchev–Trinajstić information content (AvgIpc) is 3.52. The predicted octanol–water partition coefficient (Wildman–Crippen LogP) is 10.2. The Balaban J connectivity index is 1.83. The topological polar surface area (TPSA) is 77.5 Å². The van der Waals surface area contributed by atoms with Gasteiger partial charge >= 0.3 is 0 Å². The third-order valence-corrected chi connectivity index (χ3v) is 31.4. The van der Waals surface area contributed by atoms with Gasteiger partial charge in [0.25, 0.3) is 11.8 Å². The van der Waals surface area contributed by atoms with Crippen LogP contribution in [0.5, 0.6) is 0 Å². The minimum atomic E-state index is -2.12. The van der Waals surface area contributed by atoms with Crippen LogP contribution in [-0.2, 0) is 17.7 Å². The summed E-state index contributed by atoms with van der Waals surface area (Å²) in [4.78, 5) is 31.8. The molecule has 2 amide bonds. The summed E-state index contributed by atoms with van der Waals surface area (Å²) in [6, 6.07) is 7.18.